The molecule has 0 aromatic carbocycles. The van der Waals surface area contributed by atoms with Gasteiger partial charge in [0.25, 0.3) is 0 Å². The average Bonchev–Trinajstić information content (AvgIpc) is 2.91. The summed E-state index contributed by atoms with van der Waals surface area (Å²) in [6, 6.07) is 3.27. The second-order valence-electron chi connectivity index (χ2n) is 4.04. The summed E-state index contributed by atoms with van der Waals surface area (Å²) in [6.45, 7) is 2.37. The third kappa shape index (κ3) is 2.96. The van der Waals surface area contributed by atoms with E-state index in [9.17, 15) is 14.9 Å². The fourth-order valence-corrected chi connectivity index (χ4v) is 1.64. The molecule has 9 heteroatoms. The minimum Gasteiger partial charge on any atom is -0.490 e. The largest absolute Gasteiger partial charge is 0.490 e. The third-order valence-electron chi connectivity index (χ3n) is 2.52. The van der Waals surface area contributed by atoms with Gasteiger partial charge < -0.3 is 9.84 Å². The SMILES string of the molecule is CCCOc1cccnc1-n1cc([N+](=O)[O-])c(C(=O)O)n1. The monoisotopic (exact) mass is 292 g/mol. The van der Waals surface area contributed by atoms with Crippen molar-refractivity contribution in [1.29, 1.82) is 0 Å². The van der Waals surface area contributed by atoms with E-state index in [1.165, 1.54) is 6.20 Å². The van der Waals surface area contributed by atoms with Gasteiger partial charge in [0.15, 0.2) is 11.6 Å². The normalized spacial score (nSPS) is 10.3. The fraction of sp³-hybridized carbons (Fsp3) is 0.250. The molecule has 0 fully saturated rings. The minimum absolute atomic E-state index is 0.196. The Morgan fingerprint density at radius 3 is 2.90 bits per heavy atom. The lowest BCUT2D eigenvalue weighted by atomic mass is 10.4. The smallest absolute Gasteiger partial charge is 0.363 e. The number of carbonyl (C=O) groups is 1. The minimum atomic E-state index is -1.48. The van der Waals surface area contributed by atoms with Gasteiger partial charge in [-0.3, -0.25) is 10.1 Å². The van der Waals surface area contributed by atoms with Crippen molar-refractivity contribution in [3.8, 4) is 11.6 Å². The first-order valence-electron chi connectivity index (χ1n) is 6.10. The molecule has 1 N–H and O–H groups in total. The molecule has 0 spiro atoms. The van der Waals surface area contributed by atoms with Gasteiger partial charge in [0.05, 0.1) is 11.5 Å². The van der Waals surface area contributed by atoms with E-state index in [0.29, 0.717) is 12.4 Å². The molecule has 0 saturated carbocycles. The predicted octanol–water partition coefficient (Wildman–Crippen LogP) is 1.66. The molecule has 9 nitrogen and oxygen atoms in total. The molecule has 0 amide bonds. The summed E-state index contributed by atoms with van der Waals surface area (Å²) < 4.78 is 6.50. The van der Waals surface area contributed by atoms with Gasteiger partial charge in [-0.15, -0.1) is 0 Å². The summed E-state index contributed by atoms with van der Waals surface area (Å²) in [6.07, 6.45) is 3.24. The number of carboxylic acids is 1. The maximum Gasteiger partial charge on any atom is 0.363 e. The van der Waals surface area contributed by atoms with Gasteiger partial charge in [0.2, 0.25) is 5.69 Å². The van der Waals surface area contributed by atoms with Crippen LogP contribution in [0.5, 0.6) is 5.75 Å². The van der Waals surface area contributed by atoms with Gasteiger partial charge in [-0.1, -0.05) is 6.92 Å². The summed E-state index contributed by atoms with van der Waals surface area (Å²) in [4.78, 5) is 25.1. The molecule has 21 heavy (non-hydrogen) atoms. The zero-order valence-corrected chi connectivity index (χ0v) is 11.1. The highest BCUT2D eigenvalue weighted by Gasteiger charge is 2.26. The number of nitrogens with zero attached hydrogens (tertiary/aromatic N) is 4. The highest BCUT2D eigenvalue weighted by Crippen LogP contribution is 2.24. The average molecular weight is 292 g/mol. The Bertz CT molecular complexity index is 651. The molecule has 0 aliphatic rings. The second-order valence-corrected chi connectivity index (χ2v) is 4.04. The van der Waals surface area contributed by atoms with Crippen LogP contribution in [0.25, 0.3) is 5.82 Å². The summed E-state index contributed by atoms with van der Waals surface area (Å²) in [7, 11) is 0. The Labute approximate surface area is 118 Å². The number of ether oxygens (including phenoxy) is 1. The lowest BCUT2D eigenvalue weighted by molar-refractivity contribution is -0.385. The van der Waals surface area contributed by atoms with Crippen LogP contribution in [0.1, 0.15) is 23.8 Å². The second kappa shape index (κ2) is 5.99. The number of hydrogen-bond donors (Lipinski definition) is 1. The van der Waals surface area contributed by atoms with Crippen molar-refractivity contribution in [1.82, 2.24) is 14.8 Å². The van der Waals surface area contributed by atoms with Crippen LogP contribution in [0.2, 0.25) is 0 Å². The standard InChI is InChI=1S/C12H12N4O5/c1-2-6-21-9-4-3-5-13-11(9)15-7-8(16(19)20)10(14-15)12(17)18/h3-5,7H,2,6H2,1H3,(H,17,18). The van der Waals surface area contributed by atoms with E-state index in [1.54, 1.807) is 12.1 Å². The van der Waals surface area contributed by atoms with E-state index in [-0.39, 0.29) is 5.82 Å². The molecule has 0 radical (unpaired) electrons. The maximum atomic E-state index is 11.0. The summed E-state index contributed by atoms with van der Waals surface area (Å²) in [5.74, 6) is -0.914. The van der Waals surface area contributed by atoms with Crippen molar-refractivity contribution >= 4 is 11.7 Å². The van der Waals surface area contributed by atoms with Crippen LogP contribution in [-0.4, -0.2) is 37.4 Å². The first-order valence-corrected chi connectivity index (χ1v) is 6.10. The number of hydrogen-bond acceptors (Lipinski definition) is 6. The maximum absolute atomic E-state index is 11.0. The van der Waals surface area contributed by atoms with Crippen molar-refractivity contribution in [2.24, 2.45) is 0 Å². The quantitative estimate of drug-likeness (QED) is 0.634. The number of aromatic nitrogens is 3. The van der Waals surface area contributed by atoms with E-state index in [1.807, 2.05) is 6.92 Å². The van der Waals surface area contributed by atoms with E-state index in [4.69, 9.17) is 9.84 Å². The van der Waals surface area contributed by atoms with Crippen LogP contribution in [0.4, 0.5) is 5.69 Å². The molecule has 0 atom stereocenters. The number of pyridine rings is 1. The van der Waals surface area contributed by atoms with Gasteiger partial charge in [-0.25, -0.2) is 14.5 Å². The van der Waals surface area contributed by atoms with E-state index >= 15 is 0 Å². The highest BCUT2D eigenvalue weighted by molar-refractivity contribution is 5.89. The molecule has 2 rings (SSSR count). The van der Waals surface area contributed by atoms with E-state index < -0.39 is 22.3 Å². The van der Waals surface area contributed by atoms with Crippen LogP contribution in [0.3, 0.4) is 0 Å². The van der Waals surface area contributed by atoms with Crippen LogP contribution in [0, 0.1) is 10.1 Å². The van der Waals surface area contributed by atoms with Crippen LogP contribution >= 0.6 is 0 Å². The Morgan fingerprint density at radius 1 is 1.57 bits per heavy atom. The molecule has 2 aromatic heterocycles. The molecule has 0 unspecified atom stereocenters. The molecular weight excluding hydrogens is 280 g/mol. The van der Waals surface area contributed by atoms with Gasteiger partial charge >= 0.3 is 11.7 Å². The van der Waals surface area contributed by atoms with Gasteiger partial charge in [0, 0.05) is 6.20 Å². The summed E-state index contributed by atoms with van der Waals surface area (Å²) >= 11 is 0. The lowest BCUT2D eigenvalue weighted by Gasteiger charge is -2.08. The van der Waals surface area contributed by atoms with Gasteiger partial charge in [0.1, 0.15) is 6.20 Å². The Hall–Kier alpha value is -2.97. The van der Waals surface area contributed by atoms with Crippen molar-refractivity contribution < 1.29 is 19.6 Å². The molecule has 2 aromatic rings. The predicted molar refractivity (Wildman–Crippen MR) is 70.8 cm³/mol. The van der Waals surface area contributed by atoms with Crippen molar-refractivity contribution in [3.05, 3.63) is 40.3 Å². The third-order valence-corrected chi connectivity index (χ3v) is 2.52. The first kappa shape index (κ1) is 14.4. The first-order chi connectivity index (χ1) is 10.0. The zero-order valence-electron chi connectivity index (χ0n) is 11.1. The van der Waals surface area contributed by atoms with Gasteiger partial charge in [-0.2, -0.15) is 5.10 Å². The molecule has 2 heterocycles. The fourth-order valence-electron chi connectivity index (χ4n) is 1.64. The summed E-state index contributed by atoms with van der Waals surface area (Å²) in [5, 5.41) is 23.5. The van der Waals surface area contributed by atoms with Crippen molar-refractivity contribution in [3.63, 3.8) is 0 Å². The van der Waals surface area contributed by atoms with E-state index in [2.05, 4.69) is 10.1 Å². The molecule has 0 saturated heterocycles. The van der Waals surface area contributed by atoms with Crippen LogP contribution in [0.15, 0.2) is 24.5 Å². The molecular formula is C12H12N4O5. The highest BCUT2D eigenvalue weighted by atomic mass is 16.6. The summed E-state index contributed by atoms with van der Waals surface area (Å²) in [5.41, 5.74) is -1.25. The molecule has 110 valence electrons. The molecule has 0 aliphatic carbocycles. The number of carboxylic acid groups (broad SMARTS) is 1. The van der Waals surface area contributed by atoms with Crippen LogP contribution in [-0.2, 0) is 0 Å². The van der Waals surface area contributed by atoms with Crippen molar-refractivity contribution in [2.45, 2.75) is 13.3 Å². The molecule has 0 bridgehead atoms. The number of rotatable bonds is 6. The topological polar surface area (TPSA) is 120 Å². The Balaban J connectivity index is 2.50. The van der Waals surface area contributed by atoms with Crippen LogP contribution < -0.4 is 4.74 Å². The Morgan fingerprint density at radius 2 is 2.33 bits per heavy atom. The number of nitro groups is 1. The Kier molecular flexibility index (Phi) is 4.12. The van der Waals surface area contributed by atoms with Gasteiger partial charge in [-0.05, 0) is 18.6 Å². The molecule has 0 aliphatic heterocycles. The van der Waals surface area contributed by atoms with Crippen molar-refractivity contribution in [2.75, 3.05) is 6.61 Å². The van der Waals surface area contributed by atoms with E-state index in [0.717, 1.165) is 17.3 Å². The lowest BCUT2D eigenvalue weighted by Crippen LogP contribution is -2.06. The zero-order chi connectivity index (χ0) is 15.4. The number of aromatic carboxylic acids is 1.